The van der Waals surface area contributed by atoms with Crippen molar-refractivity contribution in [3.8, 4) is 33.6 Å². The first-order valence-electron chi connectivity index (χ1n) is 13.7. The van der Waals surface area contributed by atoms with E-state index < -0.39 is 0 Å². The molecule has 0 radical (unpaired) electrons. The van der Waals surface area contributed by atoms with Crippen molar-refractivity contribution >= 4 is 0 Å². The number of benzene rings is 5. The van der Waals surface area contributed by atoms with E-state index >= 15 is 0 Å². The van der Waals surface area contributed by atoms with Crippen LogP contribution in [0.1, 0.15) is 47.2 Å². The minimum atomic E-state index is -0.344. The molecule has 0 saturated carbocycles. The molecule has 0 fully saturated rings. The summed E-state index contributed by atoms with van der Waals surface area (Å²) in [4.78, 5) is 0. The second-order valence-corrected chi connectivity index (χ2v) is 11.3. The van der Waals surface area contributed by atoms with Crippen molar-refractivity contribution < 1.29 is 4.42 Å². The molecule has 186 valence electrons. The topological polar surface area (TPSA) is 13.1 Å². The summed E-state index contributed by atoms with van der Waals surface area (Å²) < 4.78 is 5.70. The predicted molar refractivity (Wildman–Crippen MR) is 159 cm³/mol. The monoisotopic (exact) mass is 500 g/mol. The number of hydrogen-bond donors (Lipinski definition) is 0. The molecule has 6 aromatic rings. The highest BCUT2D eigenvalue weighted by Gasteiger charge is 2.53. The molecule has 5 aromatic carbocycles. The van der Waals surface area contributed by atoms with Crippen molar-refractivity contribution in [2.24, 2.45) is 0 Å². The van der Waals surface area contributed by atoms with Crippen molar-refractivity contribution in [1.29, 1.82) is 0 Å². The molecule has 2 aliphatic carbocycles. The maximum atomic E-state index is 5.70. The summed E-state index contributed by atoms with van der Waals surface area (Å²) >= 11 is 0. The smallest absolute Gasteiger partial charge is 0.133 e. The molecule has 0 amide bonds. The van der Waals surface area contributed by atoms with E-state index in [9.17, 15) is 0 Å². The molecule has 39 heavy (non-hydrogen) atoms. The standard InChI is InChI=1S/C38H28O/c1-37(2)32-17-7-8-18-33(32)38(30-15-5-3-13-28(30)29-14-4-6-16-31(29)38)34-21-20-26(24-35(34)37)25-11-9-12-27(23-25)36-19-10-22-39-36/h3-24H,1-2H3. The van der Waals surface area contributed by atoms with Crippen LogP contribution in [0.5, 0.6) is 0 Å². The zero-order chi connectivity index (χ0) is 26.2. The number of hydrogen-bond acceptors (Lipinski definition) is 1. The SMILES string of the molecule is CC1(C)c2ccccc2C2(c3ccccc3-c3ccccc32)c2ccc(-c3cccc(-c4ccco4)c3)cc21. The van der Waals surface area contributed by atoms with Crippen molar-refractivity contribution in [2.75, 3.05) is 0 Å². The molecule has 0 bridgehead atoms. The van der Waals surface area contributed by atoms with E-state index in [1.807, 2.05) is 12.1 Å². The van der Waals surface area contributed by atoms with Gasteiger partial charge in [-0.15, -0.1) is 0 Å². The quantitative estimate of drug-likeness (QED) is 0.230. The van der Waals surface area contributed by atoms with Crippen LogP contribution in [0.2, 0.25) is 0 Å². The summed E-state index contributed by atoms with van der Waals surface area (Å²) in [6.45, 7) is 4.76. The van der Waals surface area contributed by atoms with Gasteiger partial charge in [-0.2, -0.15) is 0 Å². The Morgan fingerprint density at radius 3 is 1.72 bits per heavy atom. The zero-order valence-electron chi connectivity index (χ0n) is 22.1. The first-order chi connectivity index (χ1) is 19.1. The molecular weight excluding hydrogens is 472 g/mol. The van der Waals surface area contributed by atoms with Gasteiger partial charge in [0.2, 0.25) is 0 Å². The van der Waals surface area contributed by atoms with Gasteiger partial charge >= 0.3 is 0 Å². The predicted octanol–water partition coefficient (Wildman–Crippen LogP) is 9.62. The van der Waals surface area contributed by atoms with Gasteiger partial charge < -0.3 is 4.42 Å². The second kappa shape index (κ2) is 7.94. The Bertz CT molecular complexity index is 1840. The minimum Gasteiger partial charge on any atom is -0.464 e. The van der Waals surface area contributed by atoms with Crippen LogP contribution in [-0.4, -0.2) is 0 Å². The van der Waals surface area contributed by atoms with Gasteiger partial charge in [-0.25, -0.2) is 0 Å². The Kier molecular flexibility index (Phi) is 4.56. The third-order valence-corrected chi connectivity index (χ3v) is 9.06. The maximum absolute atomic E-state index is 5.70. The van der Waals surface area contributed by atoms with E-state index in [1.165, 1.54) is 55.6 Å². The fourth-order valence-electron chi connectivity index (χ4n) is 7.32. The van der Waals surface area contributed by atoms with Crippen LogP contribution >= 0.6 is 0 Å². The van der Waals surface area contributed by atoms with Crippen LogP contribution in [0.15, 0.2) is 138 Å². The van der Waals surface area contributed by atoms with Crippen molar-refractivity contribution in [1.82, 2.24) is 0 Å². The third kappa shape index (κ3) is 2.90. The Hall–Kier alpha value is -4.62. The van der Waals surface area contributed by atoms with Crippen LogP contribution in [0.25, 0.3) is 33.6 Å². The average molecular weight is 501 g/mol. The third-order valence-electron chi connectivity index (χ3n) is 9.06. The molecule has 0 unspecified atom stereocenters. The largest absolute Gasteiger partial charge is 0.464 e. The van der Waals surface area contributed by atoms with Gasteiger partial charge in [0.15, 0.2) is 0 Å². The summed E-state index contributed by atoms with van der Waals surface area (Å²) in [5.74, 6) is 0.891. The Morgan fingerprint density at radius 1 is 0.436 bits per heavy atom. The highest BCUT2D eigenvalue weighted by Crippen LogP contribution is 2.62. The molecule has 0 atom stereocenters. The lowest BCUT2D eigenvalue weighted by Gasteiger charge is -2.46. The van der Waals surface area contributed by atoms with Gasteiger partial charge in [-0.1, -0.05) is 117 Å². The lowest BCUT2D eigenvalue weighted by molar-refractivity contribution is 0.563. The van der Waals surface area contributed by atoms with E-state index in [2.05, 4.69) is 129 Å². The first kappa shape index (κ1) is 22.4. The highest BCUT2D eigenvalue weighted by molar-refractivity contribution is 5.89. The lowest BCUT2D eigenvalue weighted by Crippen LogP contribution is -2.40. The van der Waals surface area contributed by atoms with Crippen LogP contribution in [0.4, 0.5) is 0 Å². The van der Waals surface area contributed by atoms with Gasteiger partial charge in [0.1, 0.15) is 5.76 Å². The fraction of sp³-hybridized carbons (Fsp3) is 0.105. The van der Waals surface area contributed by atoms with Crippen LogP contribution in [0.3, 0.4) is 0 Å². The Morgan fingerprint density at radius 2 is 1.03 bits per heavy atom. The molecule has 0 saturated heterocycles. The van der Waals surface area contributed by atoms with Crippen molar-refractivity contribution in [2.45, 2.75) is 24.7 Å². The molecular formula is C38H28O. The van der Waals surface area contributed by atoms with Gasteiger partial charge in [0.25, 0.3) is 0 Å². The number of fused-ring (bicyclic) bond motifs is 9. The molecule has 1 heteroatoms. The lowest BCUT2D eigenvalue weighted by atomic mass is 9.55. The molecule has 1 aromatic heterocycles. The molecule has 1 spiro atoms. The van der Waals surface area contributed by atoms with E-state index in [0.717, 1.165) is 11.3 Å². The van der Waals surface area contributed by atoms with Crippen LogP contribution in [-0.2, 0) is 10.8 Å². The van der Waals surface area contributed by atoms with Gasteiger partial charge in [0.05, 0.1) is 11.7 Å². The second-order valence-electron chi connectivity index (χ2n) is 11.3. The minimum absolute atomic E-state index is 0.154. The van der Waals surface area contributed by atoms with Crippen LogP contribution in [0, 0.1) is 0 Å². The number of furan rings is 1. The van der Waals surface area contributed by atoms with E-state index in [-0.39, 0.29) is 10.8 Å². The normalized spacial score (nSPS) is 15.3. The molecule has 0 aliphatic heterocycles. The zero-order valence-corrected chi connectivity index (χ0v) is 22.1. The molecule has 2 aliphatic rings. The summed E-state index contributed by atoms with van der Waals surface area (Å²) in [6, 6.07) is 46.9. The van der Waals surface area contributed by atoms with Gasteiger partial charge in [-0.05, 0) is 79.9 Å². The van der Waals surface area contributed by atoms with Crippen molar-refractivity contribution in [3.05, 3.63) is 167 Å². The summed E-state index contributed by atoms with van der Waals surface area (Å²) in [6.07, 6.45) is 1.73. The first-order valence-corrected chi connectivity index (χ1v) is 13.7. The Labute approximate surface area is 229 Å². The van der Waals surface area contributed by atoms with E-state index in [0.29, 0.717) is 0 Å². The number of rotatable bonds is 2. The van der Waals surface area contributed by atoms with E-state index in [4.69, 9.17) is 4.42 Å². The molecule has 1 heterocycles. The van der Waals surface area contributed by atoms with Gasteiger partial charge in [0, 0.05) is 11.0 Å². The summed E-state index contributed by atoms with van der Waals surface area (Å²) in [7, 11) is 0. The maximum Gasteiger partial charge on any atom is 0.133 e. The fourth-order valence-corrected chi connectivity index (χ4v) is 7.32. The average Bonchev–Trinajstić information content (AvgIpc) is 3.63. The van der Waals surface area contributed by atoms with Crippen LogP contribution < -0.4 is 0 Å². The van der Waals surface area contributed by atoms with Crippen molar-refractivity contribution in [3.63, 3.8) is 0 Å². The highest BCUT2D eigenvalue weighted by atomic mass is 16.3. The molecule has 8 rings (SSSR count). The summed E-state index contributed by atoms with van der Waals surface area (Å²) in [5, 5.41) is 0. The molecule has 1 nitrogen and oxygen atoms in total. The van der Waals surface area contributed by atoms with Gasteiger partial charge in [-0.3, -0.25) is 0 Å². The Balaban J connectivity index is 1.44. The summed E-state index contributed by atoms with van der Waals surface area (Å²) in [5.41, 5.74) is 14.0. The van der Waals surface area contributed by atoms with E-state index in [1.54, 1.807) is 6.26 Å². The molecule has 0 N–H and O–H groups in total.